The van der Waals surface area contributed by atoms with E-state index in [2.05, 4.69) is 15.5 Å². The summed E-state index contributed by atoms with van der Waals surface area (Å²) in [5.41, 5.74) is 2.00. The monoisotopic (exact) mass is 329 g/mol. The second kappa shape index (κ2) is 6.52. The van der Waals surface area contributed by atoms with Crippen LogP contribution in [0.3, 0.4) is 0 Å². The number of hydrogen-bond donors (Lipinski definition) is 2. The first-order chi connectivity index (χ1) is 11.8. The van der Waals surface area contributed by atoms with Crippen LogP contribution >= 0.6 is 0 Å². The molecule has 1 atom stereocenters. The van der Waals surface area contributed by atoms with Gasteiger partial charge in [-0.1, -0.05) is 0 Å². The Morgan fingerprint density at radius 3 is 2.96 bits per heavy atom. The third-order valence-corrected chi connectivity index (χ3v) is 4.23. The molecule has 2 aliphatic rings. The molecule has 24 heavy (non-hydrogen) atoms. The molecule has 1 aromatic heterocycles. The highest BCUT2D eigenvalue weighted by atomic mass is 16.6. The van der Waals surface area contributed by atoms with Crippen molar-refractivity contribution in [2.75, 3.05) is 26.4 Å². The lowest BCUT2D eigenvalue weighted by Gasteiger charge is -2.18. The summed E-state index contributed by atoms with van der Waals surface area (Å²) in [6.45, 7) is 2.36. The molecule has 0 aliphatic carbocycles. The Hall–Kier alpha value is -2.54. The average Bonchev–Trinajstić information content (AvgIpc) is 3.31. The number of rotatable bonds is 4. The maximum Gasteiger partial charge on any atom is 0.255 e. The number of fused-ring (bicyclic) bond motifs is 1. The molecule has 1 aromatic carbocycles. The summed E-state index contributed by atoms with van der Waals surface area (Å²) in [6.07, 6.45) is 3.69. The van der Waals surface area contributed by atoms with Crippen molar-refractivity contribution < 1.29 is 19.0 Å². The van der Waals surface area contributed by atoms with Crippen molar-refractivity contribution in [3.05, 3.63) is 30.0 Å². The number of nitrogens with one attached hydrogen (secondary N) is 2. The standard InChI is InChI=1S/C17H19N3O4/c21-17(18-9-12-2-1-5-22-12)13-10-19-20-16(13)11-3-4-14-15(8-11)24-7-6-23-14/h3-4,8,10,12H,1-2,5-7,9H2,(H,18,21)(H,19,20)/t12-/m0/s1. The molecule has 0 saturated carbocycles. The SMILES string of the molecule is O=C(NC[C@@H]1CCCO1)c1cn[nH]c1-c1ccc2c(c1)OCCO2. The van der Waals surface area contributed by atoms with Crippen molar-refractivity contribution in [1.82, 2.24) is 15.5 Å². The minimum atomic E-state index is -0.163. The van der Waals surface area contributed by atoms with E-state index in [1.165, 1.54) is 6.20 Å². The quantitative estimate of drug-likeness (QED) is 0.893. The van der Waals surface area contributed by atoms with Gasteiger partial charge in [0.1, 0.15) is 13.2 Å². The van der Waals surface area contributed by atoms with E-state index in [1.54, 1.807) is 0 Å². The van der Waals surface area contributed by atoms with Crippen LogP contribution in [-0.2, 0) is 4.74 Å². The minimum Gasteiger partial charge on any atom is -0.486 e. The molecule has 1 saturated heterocycles. The number of carbonyl (C=O) groups is 1. The van der Waals surface area contributed by atoms with E-state index < -0.39 is 0 Å². The zero-order chi connectivity index (χ0) is 16.4. The molecule has 126 valence electrons. The molecular formula is C17H19N3O4. The Labute approximate surface area is 139 Å². The van der Waals surface area contributed by atoms with Crippen LogP contribution < -0.4 is 14.8 Å². The number of ether oxygens (including phenoxy) is 3. The van der Waals surface area contributed by atoms with E-state index in [1.807, 2.05) is 18.2 Å². The van der Waals surface area contributed by atoms with Gasteiger partial charge < -0.3 is 19.5 Å². The van der Waals surface area contributed by atoms with Crippen LogP contribution in [0.4, 0.5) is 0 Å². The summed E-state index contributed by atoms with van der Waals surface area (Å²) in [7, 11) is 0. The summed E-state index contributed by atoms with van der Waals surface area (Å²) < 4.78 is 16.7. The molecule has 0 bridgehead atoms. The second-order valence-electron chi connectivity index (χ2n) is 5.86. The van der Waals surface area contributed by atoms with E-state index in [0.29, 0.717) is 42.5 Å². The number of carbonyl (C=O) groups excluding carboxylic acids is 1. The van der Waals surface area contributed by atoms with Crippen LogP contribution in [0.15, 0.2) is 24.4 Å². The summed E-state index contributed by atoms with van der Waals surface area (Å²) in [6, 6.07) is 5.59. The number of nitrogens with zero attached hydrogens (tertiary/aromatic N) is 1. The zero-order valence-corrected chi connectivity index (χ0v) is 13.2. The Balaban J connectivity index is 1.52. The van der Waals surface area contributed by atoms with Crippen LogP contribution in [0.5, 0.6) is 11.5 Å². The number of amides is 1. The first kappa shape index (κ1) is 15.0. The molecule has 7 heteroatoms. The molecular weight excluding hydrogens is 310 g/mol. The summed E-state index contributed by atoms with van der Waals surface area (Å²) in [5, 5.41) is 9.84. The number of aromatic amines is 1. The number of hydrogen-bond acceptors (Lipinski definition) is 5. The highest BCUT2D eigenvalue weighted by Gasteiger charge is 2.20. The normalized spacial score (nSPS) is 19.2. The van der Waals surface area contributed by atoms with E-state index in [9.17, 15) is 4.79 Å². The first-order valence-electron chi connectivity index (χ1n) is 8.14. The molecule has 3 heterocycles. The van der Waals surface area contributed by atoms with Gasteiger partial charge in [0.2, 0.25) is 0 Å². The lowest BCUT2D eigenvalue weighted by Crippen LogP contribution is -2.31. The highest BCUT2D eigenvalue weighted by molar-refractivity contribution is 5.99. The lowest BCUT2D eigenvalue weighted by atomic mass is 10.1. The molecule has 2 aromatic rings. The Bertz CT molecular complexity index is 737. The highest BCUT2D eigenvalue weighted by Crippen LogP contribution is 2.34. The van der Waals surface area contributed by atoms with Gasteiger partial charge in [0.25, 0.3) is 5.91 Å². The summed E-state index contributed by atoms with van der Waals surface area (Å²) in [5.74, 6) is 1.23. The van der Waals surface area contributed by atoms with Crippen molar-refractivity contribution in [2.45, 2.75) is 18.9 Å². The third kappa shape index (κ3) is 2.94. The summed E-state index contributed by atoms with van der Waals surface area (Å²) >= 11 is 0. The molecule has 1 amide bonds. The smallest absolute Gasteiger partial charge is 0.255 e. The van der Waals surface area contributed by atoms with Crippen LogP contribution in [0.25, 0.3) is 11.3 Å². The Morgan fingerprint density at radius 2 is 2.12 bits per heavy atom. The number of H-pyrrole nitrogens is 1. The minimum absolute atomic E-state index is 0.110. The fourth-order valence-corrected chi connectivity index (χ4v) is 2.98. The predicted molar refractivity (Wildman–Crippen MR) is 86.3 cm³/mol. The molecule has 2 aliphatic heterocycles. The Morgan fingerprint density at radius 1 is 1.25 bits per heavy atom. The maximum atomic E-state index is 12.5. The molecule has 1 fully saturated rings. The summed E-state index contributed by atoms with van der Waals surface area (Å²) in [4.78, 5) is 12.5. The van der Waals surface area contributed by atoms with Crippen LogP contribution in [0.1, 0.15) is 23.2 Å². The van der Waals surface area contributed by atoms with Gasteiger partial charge in [0.05, 0.1) is 23.6 Å². The number of benzene rings is 1. The zero-order valence-electron chi connectivity index (χ0n) is 13.2. The van der Waals surface area contributed by atoms with Crippen molar-refractivity contribution in [3.8, 4) is 22.8 Å². The predicted octanol–water partition coefficient (Wildman–Crippen LogP) is 1.76. The van der Waals surface area contributed by atoms with Gasteiger partial charge >= 0.3 is 0 Å². The van der Waals surface area contributed by atoms with E-state index in [-0.39, 0.29) is 12.0 Å². The van der Waals surface area contributed by atoms with Gasteiger partial charge in [-0.3, -0.25) is 9.89 Å². The molecule has 2 N–H and O–H groups in total. The van der Waals surface area contributed by atoms with Crippen LogP contribution in [0, 0.1) is 0 Å². The topological polar surface area (TPSA) is 85.5 Å². The second-order valence-corrected chi connectivity index (χ2v) is 5.86. The van der Waals surface area contributed by atoms with E-state index >= 15 is 0 Å². The third-order valence-electron chi connectivity index (χ3n) is 4.23. The molecule has 0 unspecified atom stereocenters. The van der Waals surface area contributed by atoms with Crippen LogP contribution in [-0.4, -0.2) is 48.6 Å². The van der Waals surface area contributed by atoms with Gasteiger partial charge in [0.15, 0.2) is 11.5 Å². The molecule has 4 rings (SSSR count). The fourth-order valence-electron chi connectivity index (χ4n) is 2.98. The maximum absolute atomic E-state index is 12.5. The van der Waals surface area contributed by atoms with Gasteiger partial charge in [-0.05, 0) is 31.0 Å². The Kier molecular flexibility index (Phi) is 4.08. The molecule has 0 radical (unpaired) electrons. The lowest BCUT2D eigenvalue weighted by molar-refractivity contribution is 0.0858. The van der Waals surface area contributed by atoms with Crippen LogP contribution in [0.2, 0.25) is 0 Å². The van der Waals surface area contributed by atoms with Gasteiger partial charge in [0, 0.05) is 18.7 Å². The fraction of sp³-hybridized carbons (Fsp3) is 0.412. The van der Waals surface area contributed by atoms with Crippen molar-refractivity contribution in [3.63, 3.8) is 0 Å². The van der Waals surface area contributed by atoms with E-state index in [0.717, 1.165) is 25.0 Å². The van der Waals surface area contributed by atoms with Crippen molar-refractivity contribution in [2.24, 2.45) is 0 Å². The molecule has 7 nitrogen and oxygen atoms in total. The largest absolute Gasteiger partial charge is 0.486 e. The van der Waals surface area contributed by atoms with Gasteiger partial charge in [-0.2, -0.15) is 5.10 Å². The van der Waals surface area contributed by atoms with Gasteiger partial charge in [-0.25, -0.2) is 0 Å². The molecule has 0 spiro atoms. The van der Waals surface area contributed by atoms with E-state index in [4.69, 9.17) is 14.2 Å². The van der Waals surface area contributed by atoms with Crippen molar-refractivity contribution >= 4 is 5.91 Å². The first-order valence-corrected chi connectivity index (χ1v) is 8.14. The number of aromatic nitrogens is 2. The van der Waals surface area contributed by atoms with Crippen molar-refractivity contribution in [1.29, 1.82) is 0 Å². The van der Waals surface area contributed by atoms with Gasteiger partial charge in [-0.15, -0.1) is 0 Å². The average molecular weight is 329 g/mol.